The first-order valence-electron chi connectivity index (χ1n) is 6.55. The summed E-state index contributed by atoms with van der Waals surface area (Å²) in [6.07, 6.45) is -6.90. The molecule has 2 fully saturated rings. The van der Waals surface area contributed by atoms with Crippen LogP contribution in [-0.4, -0.2) is 35.0 Å². The minimum Gasteiger partial charge on any atom is -0.349 e. The van der Waals surface area contributed by atoms with E-state index in [1.807, 2.05) is 0 Å². The number of rotatable bonds is 1. The van der Waals surface area contributed by atoms with E-state index in [1.165, 1.54) is 6.66 Å². The van der Waals surface area contributed by atoms with Gasteiger partial charge in [-0.3, -0.25) is 18.9 Å². The van der Waals surface area contributed by atoms with Crippen LogP contribution >= 0.6 is 7.60 Å². The van der Waals surface area contributed by atoms with E-state index in [-0.39, 0.29) is 13.0 Å². The van der Waals surface area contributed by atoms with Crippen LogP contribution in [0.3, 0.4) is 0 Å². The van der Waals surface area contributed by atoms with E-state index in [0.29, 0.717) is 10.8 Å². The molecule has 12 heteroatoms. The largest absolute Gasteiger partial charge is 0.423 e. The van der Waals surface area contributed by atoms with Crippen molar-refractivity contribution in [3.05, 3.63) is 32.6 Å². The van der Waals surface area contributed by atoms with Gasteiger partial charge in [-0.2, -0.15) is 13.2 Å². The molecular formula is C11H12F3N2O6P. The Labute approximate surface area is 126 Å². The first-order valence-corrected chi connectivity index (χ1v) is 8.54. The van der Waals surface area contributed by atoms with Crippen molar-refractivity contribution in [1.29, 1.82) is 0 Å². The Morgan fingerprint density at radius 2 is 2.04 bits per heavy atom. The lowest BCUT2D eigenvalue weighted by Crippen LogP contribution is -2.36. The number of alkyl halides is 3. The minimum atomic E-state index is -4.91. The van der Waals surface area contributed by atoms with Gasteiger partial charge in [0.15, 0.2) is 0 Å². The lowest BCUT2D eigenvalue weighted by Gasteiger charge is -2.28. The van der Waals surface area contributed by atoms with Gasteiger partial charge in [-0.25, -0.2) is 4.79 Å². The number of halogens is 3. The van der Waals surface area contributed by atoms with Crippen molar-refractivity contribution in [2.45, 2.75) is 31.0 Å². The van der Waals surface area contributed by atoms with Gasteiger partial charge in [0.2, 0.25) is 0 Å². The first kappa shape index (κ1) is 16.4. The molecule has 0 amide bonds. The van der Waals surface area contributed by atoms with Gasteiger partial charge in [-0.1, -0.05) is 0 Å². The van der Waals surface area contributed by atoms with E-state index in [4.69, 9.17) is 13.8 Å². The second kappa shape index (κ2) is 5.30. The predicted molar refractivity (Wildman–Crippen MR) is 69.2 cm³/mol. The molecule has 2 aliphatic heterocycles. The molecule has 3 heterocycles. The molecule has 1 N–H and O–H groups in total. The fourth-order valence-corrected chi connectivity index (χ4v) is 3.71. The highest BCUT2D eigenvalue weighted by Gasteiger charge is 2.45. The van der Waals surface area contributed by atoms with Crippen LogP contribution in [0, 0.1) is 0 Å². The van der Waals surface area contributed by atoms with Crippen LogP contribution in [0.15, 0.2) is 15.8 Å². The minimum absolute atomic E-state index is 0.00903. The van der Waals surface area contributed by atoms with Crippen LogP contribution in [0.5, 0.6) is 0 Å². The maximum Gasteiger partial charge on any atom is 0.423 e. The number of hydrogen-bond acceptors (Lipinski definition) is 6. The fourth-order valence-electron chi connectivity index (χ4n) is 2.52. The Morgan fingerprint density at radius 1 is 1.35 bits per heavy atom. The van der Waals surface area contributed by atoms with E-state index in [1.54, 1.807) is 4.98 Å². The van der Waals surface area contributed by atoms with Gasteiger partial charge < -0.3 is 13.8 Å². The first-order chi connectivity index (χ1) is 10.6. The molecule has 1 aromatic rings. The van der Waals surface area contributed by atoms with Gasteiger partial charge in [0, 0.05) is 19.3 Å². The second-order valence-electron chi connectivity index (χ2n) is 5.28. The third-order valence-corrected chi connectivity index (χ3v) is 4.84. The van der Waals surface area contributed by atoms with E-state index in [2.05, 4.69) is 0 Å². The predicted octanol–water partition coefficient (Wildman–Crippen LogP) is 1.08. The average molecular weight is 356 g/mol. The smallest absolute Gasteiger partial charge is 0.349 e. The summed E-state index contributed by atoms with van der Waals surface area (Å²) in [6.45, 7) is 1.21. The lowest BCUT2D eigenvalue weighted by atomic mass is 10.2. The Morgan fingerprint density at radius 3 is 2.70 bits per heavy atom. The second-order valence-corrected chi connectivity index (χ2v) is 7.29. The van der Waals surface area contributed by atoms with Crippen molar-refractivity contribution in [1.82, 2.24) is 9.55 Å². The van der Waals surface area contributed by atoms with Crippen LogP contribution < -0.4 is 11.2 Å². The Bertz CT molecular complexity index is 787. The number of ether oxygens (including phenoxy) is 1. The van der Waals surface area contributed by atoms with Crippen LogP contribution in [0.2, 0.25) is 0 Å². The van der Waals surface area contributed by atoms with Crippen LogP contribution in [0.4, 0.5) is 13.2 Å². The fraction of sp³-hybridized carbons (Fsp3) is 0.636. The summed E-state index contributed by atoms with van der Waals surface area (Å²) in [7, 11) is -3.24. The number of nitrogens with one attached hydrogen (secondary N) is 1. The summed E-state index contributed by atoms with van der Waals surface area (Å²) in [5.74, 6) is 0. The van der Waals surface area contributed by atoms with Gasteiger partial charge in [-0.15, -0.1) is 0 Å². The highest BCUT2D eigenvalue weighted by Crippen LogP contribution is 2.52. The molecule has 0 bridgehead atoms. The molecule has 2 aliphatic rings. The van der Waals surface area contributed by atoms with Gasteiger partial charge >= 0.3 is 19.5 Å². The Hall–Kier alpha value is -1.42. The molecule has 128 valence electrons. The average Bonchev–Trinajstić information content (AvgIpc) is 2.78. The summed E-state index contributed by atoms with van der Waals surface area (Å²) < 4.78 is 66.4. The molecule has 0 spiro atoms. The SMILES string of the molecule is CP1(=O)OC[C@H]2O[C@@H](n3cc(C(F)(F)F)c(=O)[nH]c3=O)CC2O1. The third-order valence-electron chi connectivity index (χ3n) is 3.56. The van der Waals surface area contributed by atoms with Crippen LogP contribution in [0.1, 0.15) is 18.2 Å². The molecule has 0 aromatic carbocycles. The number of fused-ring (bicyclic) bond motifs is 1. The molecule has 0 aliphatic carbocycles. The number of nitrogens with zero attached hydrogens (tertiary/aromatic N) is 1. The van der Waals surface area contributed by atoms with Crippen LogP contribution in [-0.2, 0) is 24.5 Å². The molecule has 0 saturated carbocycles. The zero-order chi connectivity index (χ0) is 17.0. The summed E-state index contributed by atoms with van der Waals surface area (Å²) in [5.41, 5.74) is -4.06. The molecule has 4 atom stereocenters. The Kier molecular flexibility index (Phi) is 3.79. The molecule has 3 rings (SSSR count). The third kappa shape index (κ3) is 3.14. The van der Waals surface area contributed by atoms with Crippen molar-refractivity contribution < 1.29 is 31.5 Å². The lowest BCUT2D eigenvalue weighted by molar-refractivity contribution is -0.139. The highest BCUT2D eigenvalue weighted by atomic mass is 31.2. The summed E-state index contributed by atoms with van der Waals surface area (Å²) in [6, 6.07) is 0. The summed E-state index contributed by atoms with van der Waals surface area (Å²) >= 11 is 0. The Balaban J connectivity index is 1.93. The van der Waals surface area contributed by atoms with Gasteiger partial charge in [-0.05, 0) is 0 Å². The quantitative estimate of drug-likeness (QED) is 0.756. The van der Waals surface area contributed by atoms with Crippen molar-refractivity contribution in [3.8, 4) is 0 Å². The molecule has 1 aromatic heterocycles. The van der Waals surface area contributed by atoms with Crippen LogP contribution in [0.25, 0.3) is 0 Å². The van der Waals surface area contributed by atoms with Gasteiger partial charge in [0.25, 0.3) is 5.56 Å². The van der Waals surface area contributed by atoms with E-state index >= 15 is 0 Å². The number of aromatic amines is 1. The number of hydrogen-bond donors (Lipinski definition) is 1. The molecule has 8 nitrogen and oxygen atoms in total. The molecule has 0 radical (unpaired) electrons. The monoisotopic (exact) mass is 356 g/mol. The summed E-state index contributed by atoms with van der Waals surface area (Å²) in [5, 5.41) is 0. The maximum atomic E-state index is 12.8. The topological polar surface area (TPSA) is 99.6 Å². The van der Waals surface area contributed by atoms with E-state index in [9.17, 15) is 27.3 Å². The maximum absolute atomic E-state index is 12.8. The van der Waals surface area contributed by atoms with Gasteiger partial charge in [0.1, 0.15) is 17.9 Å². The van der Waals surface area contributed by atoms with Crippen molar-refractivity contribution in [2.24, 2.45) is 0 Å². The summed E-state index contributed by atoms with van der Waals surface area (Å²) in [4.78, 5) is 24.7. The standard InChI is InChI=1S/C11H12F3N2O6P/c1-23(19)20-4-7-6(22-23)2-8(21-7)16-3-5(11(12,13)14)9(17)15-10(16)18/h3,6-8H,2,4H2,1H3,(H,15,17,18)/t6?,7-,8-,23?/m1/s1. The normalized spacial score (nSPS) is 34.3. The van der Waals surface area contributed by atoms with Crippen molar-refractivity contribution in [2.75, 3.05) is 13.3 Å². The molecule has 2 saturated heterocycles. The van der Waals surface area contributed by atoms with Crippen molar-refractivity contribution in [3.63, 3.8) is 0 Å². The highest BCUT2D eigenvalue weighted by molar-refractivity contribution is 7.53. The van der Waals surface area contributed by atoms with E-state index < -0.39 is 49.0 Å². The zero-order valence-corrected chi connectivity index (χ0v) is 12.6. The van der Waals surface area contributed by atoms with Gasteiger partial charge in [0.05, 0.1) is 12.7 Å². The molecular weight excluding hydrogens is 344 g/mol. The molecule has 2 unspecified atom stereocenters. The zero-order valence-electron chi connectivity index (χ0n) is 11.7. The number of aromatic nitrogens is 2. The van der Waals surface area contributed by atoms with E-state index in [0.717, 1.165) is 0 Å². The number of H-pyrrole nitrogens is 1. The van der Waals surface area contributed by atoms with Crippen molar-refractivity contribution >= 4 is 7.60 Å². The molecule has 23 heavy (non-hydrogen) atoms.